The summed E-state index contributed by atoms with van der Waals surface area (Å²) in [5.41, 5.74) is 1.55. The maximum absolute atomic E-state index is 12.9. The predicted molar refractivity (Wildman–Crippen MR) is 123 cm³/mol. The fraction of sp³-hybridized carbons (Fsp3) is 0.480. The maximum atomic E-state index is 12.9. The Bertz CT molecular complexity index is 919. The number of hydrogen-bond donors (Lipinski definition) is 2. The van der Waals surface area contributed by atoms with E-state index >= 15 is 0 Å². The van der Waals surface area contributed by atoms with E-state index < -0.39 is 17.6 Å². The molecule has 0 atom stereocenters. The summed E-state index contributed by atoms with van der Waals surface area (Å²) in [6.07, 6.45) is -0.872. The number of morpholine rings is 1. The minimum absolute atomic E-state index is 0.00361. The summed E-state index contributed by atoms with van der Waals surface area (Å²) in [5, 5.41) is 6.41. The summed E-state index contributed by atoms with van der Waals surface area (Å²) < 4.78 is 44.1. The zero-order chi connectivity index (χ0) is 23.3. The number of amides is 1. The topological polar surface area (TPSA) is 53.6 Å². The highest BCUT2D eigenvalue weighted by molar-refractivity contribution is 5.94. The van der Waals surface area contributed by atoms with Crippen molar-refractivity contribution in [3.8, 4) is 0 Å². The number of nitrogens with one attached hydrogen (secondary N) is 2. The lowest BCUT2D eigenvalue weighted by molar-refractivity contribution is -0.137. The number of carbonyl (C=O) groups excluding carboxylic acids is 1. The second-order valence-electron chi connectivity index (χ2n) is 8.80. The number of ether oxygens (including phenoxy) is 1. The summed E-state index contributed by atoms with van der Waals surface area (Å²) >= 11 is 0. The first-order valence-electron chi connectivity index (χ1n) is 11.5. The van der Waals surface area contributed by atoms with E-state index in [9.17, 15) is 18.0 Å². The summed E-state index contributed by atoms with van der Waals surface area (Å²) in [7, 11) is 0. The van der Waals surface area contributed by atoms with Crippen LogP contribution in [-0.4, -0.2) is 44.8 Å². The summed E-state index contributed by atoms with van der Waals surface area (Å²) in [4.78, 5) is 14.7. The molecule has 5 nitrogen and oxygen atoms in total. The van der Waals surface area contributed by atoms with Gasteiger partial charge in [0.05, 0.1) is 18.8 Å². The van der Waals surface area contributed by atoms with E-state index in [1.165, 1.54) is 17.8 Å². The van der Waals surface area contributed by atoms with Crippen molar-refractivity contribution in [1.29, 1.82) is 0 Å². The van der Waals surface area contributed by atoms with E-state index in [0.717, 1.165) is 76.4 Å². The van der Waals surface area contributed by atoms with Crippen molar-refractivity contribution in [3.63, 3.8) is 0 Å². The van der Waals surface area contributed by atoms with Crippen molar-refractivity contribution in [2.45, 2.75) is 37.9 Å². The normalized spacial score (nSPS) is 21.5. The monoisotopic (exact) mass is 461 g/mol. The molecule has 1 aliphatic heterocycles. The SMILES string of the molecule is O=C(NC1CCC(CNc2ccc(N3CCOCC3)cc2)CC1)c1cccc(C(F)(F)F)c1. The Labute approximate surface area is 192 Å². The van der Waals surface area contributed by atoms with Crippen LogP contribution in [0, 0.1) is 5.92 Å². The highest BCUT2D eigenvalue weighted by atomic mass is 19.4. The van der Waals surface area contributed by atoms with Crippen molar-refractivity contribution in [1.82, 2.24) is 5.32 Å². The fourth-order valence-electron chi connectivity index (χ4n) is 4.49. The Morgan fingerprint density at radius 2 is 1.70 bits per heavy atom. The number of nitrogens with zero attached hydrogens (tertiary/aromatic N) is 1. The fourth-order valence-corrected chi connectivity index (χ4v) is 4.49. The molecule has 2 fully saturated rings. The van der Waals surface area contributed by atoms with E-state index in [1.807, 2.05) is 0 Å². The number of carbonyl (C=O) groups is 1. The zero-order valence-corrected chi connectivity index (χ0v) is 18.5. The van der Waals surface area contributed by atoms with Gasteiger partial charge in [-0.2, -0.15) is 13.2 Å². The molecule has 0 spiro atoms. The molecule has 0 bridgehead atoms. The lowest BCUT2D eigenvalue weighted by atomic mass is 9.86. The smallest absolute Gasteiger partial charge is 0.385 e. The molecule has 2 aromatic rings. The van der Waals surface area contributed by atoms with Crippen LogP contribution in [0.25, 0.3) is 0 Å². The highest BCUT2D eigenvalue weighted by Gasteiger charge is 2.31. The van der Waals surface area contributed by atoms with Gasteiger partial charge >= 0.3 is 6.18 Å². The Morgan fingerprint density at radius 3 is 2.36 bits per heavy atom. The van der Waals surface area contributed by atoms with E-state index in [0.29, 0.717) is 5.92 Å². The lowest BCUT2D eigenvalue weighted by Crippen LogP contribution is -2.38. The average molecular weight is 462 g/mol. The van der Waals surface area contributed by atoms with Crippen LogP contribution >= 0.6 is 0 Å². The number of rotatable bonds is 6. The van der Waals surface area contributed by atoms with Crippen molar-refractivity contribution >= 4 is 17.3 Å². The van der Waals surface area contributed by atoms with E-state index in [1.54, 1.807) is 0 Å². The molecule has 0 unspecified atom stereocenters. The van der Waals surface area contributed by atoms with Crippen LogP contribution in [0.4, 0.5) is 24.5 Å². The van der Waals surface area contributed by atoms with Gasteiger partial charge in [0.2, 0.25) is 0 Å². The molecule has 1 heterocycles. The van der Waals surface area contributed by atoms with Crippen LogP contribution in [0.3, 0.4) is 0 Å². The Morgan fingerprint density at radius 1 is 1.00 bits per heavy atom. The van der Waals surface area contributed by atoms with Gasteiger partial charge < -0.3 is 20.3 Å². The quantitative estimate of drug-likeness (QED) is 0.640. The van der Waals surface area contributed by atoms with Crippen LogP contribution in [0.15, 0.2) is 48.5 Å². The number of hydrogen-bond acceptors (Lipinski definition) is 4. The van der Waals surface area contributed by atoms with Crippen LogP contribution in [0.1, 0.15) is 41.6 Å². The third-order valence-corrected chi connectivity index (χ3v) is 6.47. The molecule has 178 valence electrons. The van der Waals surface area contributed by atoms with Gasteiger partial charge in [-0.05, 0) is 74.1 Å². The Balaban J connectivity index is 1.20. The second-order valence-corrected chi connectivity index (χ2v) is 8.80. The van der Waals surface area contributed by atoms with Crippen molar-refractivity contribution in [2.75, 3.05) is 43.1 Å². The van der Waals surface area contributed by atoms with Gasteiger partial charge in [0.25, 0.3) is 5.91 Å². The predicted octanol–water partition coefficient (Wildman–Crippen LogP) is 4.94. The maximum Gasteiger partial charge on any atom is 0.416 e. The summed E-state index contributed by atoms with van der Waals surface area (Å²) in [6, 6.07) is 13.0. The first kappa shape index (κ1) is 23.4. The molecule has 1 saturated carbocycles. The van der Waals surface area contributed by atoms with Gasteiger partial charge in [-0.3, -0.25) is 4.79 Å². The zero-order valence-electron chi connectivity index (χ0n) is 18.5. The second kappa shape index (κ2) is 10.5. The van der Waals surface area contributed by atoms with Crippen LogP contribution in [-0.2, 0) is 10.9 Å². The van der Waals surface area contributed by atoms with E-state index in [-0.39, 0.29) is 11.6 Å². The van der Waals surface area contributed by atoms with Crippen LogP contribution in [0.5, 0.6) is 0 Å². The van der Waals surface area contributed by atoms with Crippen molar-refractivity contribution in [2.24, 2.45) is 5.92 Å². The molecule has 0 aromatic heterocycles. The third kappa shape index (κ3) is 6.41. The molecule has 2 aliphatic rings. The minimum Gasteiger partial charge on any atom is -0.385 e. The summed E-state index contributed by atoms with van der Waals surface area (Å²) in [5.74, 6) is 0.0636. The highest BCUT2D eigenvalue weighted by Crippen LogP contribution is 2.30. The van der Waals surface area contributed by atoms with Gasteiger partial charge in [0, 0.05) is 42.6 Å². The van der Waals surface area contributed by atoms with Gasteiger partial charge in [-0.1, -0.05) is 6.07 Å². The first-order valence-corrected chi connectivity index (χ1v) is 11.5. The molecule has 33 heavy (non-hydrogen) atoms. The lowest BCUT2D eigenvalue weighted by Gasteiger charge is -2.30. The van der Waals surface area contributed by atoms with Gasteiger partial charge in [-0.15, -0.1) is 0 Å². The van der Waals surface area contributed by atoms with E-state index in [2.05, 4.69) is 39.8 Å². The molecule has 4 rings (SSSR count). The Kier molecular flexibility index (Phi) is 7.42. The van der Waals surface area contributed by atoms with Crippen LogP contribution in [0.2, 0.25) is 0 Å². The molecule has 1 amide bonds. The van der Waals surface area contributed by atoms with Gasteiger partial charge in [0.15, 0.2) is 0 Å². The average Bonchev–Trinajstić information content (AvgIpc) is 2.84. The molecule has 2 N–H and O–H groups in total. The van der Waals surface area contributed by atoms with Crippen molar-refractivity contribution < 1.29 is 22.7 Å². The summed E-state index contributed by atoms with van der Waals surface area (Å²) in [6.45, 7) is 4.23. The van der Waals surface area contributed by atoms with Crippen LogP contribution < -0.4 is 15.5 Å². The molecule has 1 saturated heterocycles. The number of benzene rings is 2. The molecular weight excluding hydrogens is 431 g/mol. The standard InChI is InChI=1S/C25H30F3N3O2/c26-25(27,28)20-3-1-2-19(16-20)24(32)30-22-6-4-18(5-7-22)17-29-21-8-10-23(11-9-21)31-12-14-33-15-13-31/h1-3,8-11,16,18,22,29H,4-7,12-15,17H2,(H,30,32). The molecule has 8 heteroatoms. The van der Waals surface area contributed by atoms with Crippen molar-refractivity contribution in [3.05, 3.63) is 59.7 Å². The largest absolute Gasteiger partial charge is 0.416 e. The third-order valence-electron chi connectivity index (χ3n) is 6.47. The molecular formula is C25H30F3N3O2. The van der Waals surface area contributed by atoms with E-state index in [4.69, 9.17) is 4.74 Å². The number of alkyl halides is 3. The first-order chi connectivity index (χ1) is 15.9. The molecule has 1 aliphatic carbocycles. The van der Waals surface area contributed by atoms with Gasteiger partial charge in [0.1, 0.15) is 0 Å². The number of halogens is 3. The molecule has 0 radical (unpaired) electrons. The number of anilines is 2. The minimum atomic E-state index is -4.45. The Hall–Kier alpha value is -2.74. The van der Waals surface area contributed by atoms with Gasteiger partial charge in [-0.25, -0.2) is 0 Å². The molecule has 2 aromatic carbocycles.